The summed E-state index contributed by atoms with van der Waals surface area (Å²) in [4.78, 5) is 29.5. The van der Waals surface area contributed by atoms with Crippen molar-refractivity contribution in [3.05, 3.63) is 48.0 Å². The van der Waals surface area contributed by atoms with Gasteiger partial charge in [0, 0.05) is 23.8 Å². The SMILES string of the molecule is CCCCCCCCCC(=O)OCC(C)(C)C(=O)C(Oc1ccc(Cl)cc1)n1ccnc1. The van der Waals surface area contributed by atoms with Crippen molar-refractivity contribution in [3.8, 4) is 5.75 Å². The van der Waals surface area contributed by atoms with E-state index in [1.165, 1.54) is 32.0 Å². The highest BCUT2D eigenvalue weighted by Crippen LogP contribution is 2.28. The van der Waals surface area contributed by atoms with Gasteiger partial charge >= 0.3 is 5.97 Å². The third-order valence-electron chi connectivity index (χ3n) is 5.33. The number of nitrogens with zero attached hydrogens (tertiary/aromatic N) is 2. The zero-order valence-electron chi connectivity index (χ0n) is 19.4. The third-order valence-corrected chi connectivity index (χ3v) is 5.58. The molecule has 0 aliphatic heterocycles. The van der Waals surface area contributed by atoms with Gasteiger partial charge in [0.05, 0.1) is 11.7 Å². The van der Waals surface area contributed by atoms with Crippen LogP contribution >= 0.6 is 11.6 Å². The van der Waals surface area contributed by atoms with Crippen molar-refractivity contribution in [1.29, 1.82) is 0 Å². The summed E-state index contributed by atoms with van der Waals surface area (Å²) in [5.74, 6) is 0.0274. The lowest BCUT2D eigenvalue weighted by atomic mass is 9.88. The first-order valence-electron chi connectivity index (χ1n) is 11.4. The number of carbonyl (C=O) groups is 2. The van der Waals surface area contributed by atoms with Crippen LogP contribution in [0.2, 0.25) is 5.02 Å². The fourth-order valence-electron chi connectivity index (χ4n) is 3.26. The number of esters is 1. The molecule has 1 atom stereocenters. The molecule has 0 spiro atoms. The van der Waals surface area contributed by atoms with Crippen molar-refractivity contribution in [2.45, 2.75) is 78.4 Å². The maximum absolute atomic E-state index is 13.3. The molecule has 1 heterocycles. The van der Waals surface area contributed by atoms with Crippen LogP contribution in [0.15, 0.2) is 43.0 Å². The zero-order valence-corrected chi connectivity index (χ0v) is 20.1. The number of carbonyl (C=O) groups excluding carboxylic acids is 2. The molecular weight excluding hydrogens is 428 g/mol. The molecule has 0 fully saturated rings. The van der Waals surface area contributed by atoms with Crippen LogP contribution in [0.5, 0.6) is 5.75 Å². The second-order valence-electron chi connectivity index (χ2n) is 8.71. The van der Waals surface area contributed by atoms with Crippen LogP contribution in [0, 0.1) is 5.41 Å². The predicted octanol–water partition coefficient (Wildman–Crippen LogP) is 6.39. The molecule has 2 rings (SSSR count). The molecule has 1 aromatic carbocycles. The number of hydrogen-bond acceptors (Lipinski definition) is 5. The van der Waals surface area contributed by atoms with E-state index in [9.17, 15) is 9.59 Å². The molecule has 0 aliphatic carbocycles. The van der Waals surface area contributed by atoms with Crippen molar-refractivity contribution in [3.63, 3.8) is 0 Å². The summed E-state index contributed by atoms with van der Waals surface area (Å²) < 4.78 is 13.0. The molecular formula is C25H35ClN2O4. The van der Waals surface area contributed by atoms with Crippen molar-refractivity contribution >= 4 is 23.4 Å². The number of Topliss-reactive ketones (excluding diaryl/α,β-unsaturated/α-hetero) is 1. The van der Waals surface area contributed by atoms with Gasteiger partial charge in [-0.3, -0.25) is 14.2 Å². The minimum Gasteiger partial charge on any atom is -0.465 e. The molecule has 0 saturated carbocycles. The highest BCUT2D eigenvalue weighted by atomic mass is 35.5. The number of rotatable bonds is 15. The topological polar surface area (TPSA) is 70.4 Å². The lowest BCUT2D eigenvalue weighted by Gasteiger charge is -2.28. The Balaban J connectivity index is 1.88. The van der Waals surface area contributed by atoms with Crippen LogP contribution in [-0.4, -0.2) is 27.9 Å². The van der Waals surface area contributed by atoms with Crippen LogP contribution in [0.25, 0.3) is 0 Å². The van der Waals surface area contributed by atoms with Gasteiger partial charge in [-0.15, -0.1) is 0 Å². The van der Waals surface area contributed by atoms with Gasteiger partial charge in [0.25, 0.3) is 0 Å². The normalized spacial score (nSPS) is 12.4. The standard InChI is InChI=1S/C25H35ClN2O4/c1-4-5-6-7-8-9-10-11-22(29)31-18-25(2,3)23(30)24(28-17-16-27-19-28)32-21-14-12-20(26)13-15-21/h12-17,19,24H,4-11,18H2,1-3H3. The van der Waals surface area contributed by atoms with E-state index < -0.39 is 11.6 Å². The lowest BCUT2D eigenvalue weighted by Crippen LogP contribution is -2.39. The summed E-state index contributed by atoms with van der Waals surface area (Å²) in [5, 5.41) is 0.580. The van der Waals surface area contributed by atoms with Gasteiger partial charge in [-0.05, 0) is 44.5 Å². The van der Waals surface area contributed by atoms with E-state index in [4.69, 9.17) is 21.1 Å². The smallest absolute Gasteiger partial charge is 0.305 e. The number of hydrogen-bond donors (Lipinski definition) is 0. The second kappa shape index (κ2) is 13.3. The largest absolute Gasteiger partial charge is 0.465 e. The van der Waals surface area contributed by atoms with Gasteiger partial charge in [-0.25, -0.2) is 4.98 Å². The van der Waals surface area contributed by atoms with Crippen molar-refractivity contribution in [2.24, 2.45) is 5.41 Å². The summed E-state index contributed by atoms with van der Waals surface area (Å²) in [6, 6.07) is 6.80. The maximum Gasteiger partial charge on any atom is 0.305 e. The summed E-state index contributed by atoms with van der Waals surface area (Å²) in [7, 11) is 0. The van der Waals surface area contributed by atoms with Gasteiger partial charge < -0.3 is 9.47 Å². The van der Waals surface area contributed by atoms with Crippen molar-refractivity contribution in [2.75, 3.05) is 6.61 Å². The molecule has 1 unspecified atom stereocenters. The summed E-state index contributed by atoms with van der Waals surface area (Å²) in [6.07, 6.45) is 12.2. The number of ketones is 1. The summed E-state index contributed by atoms with van der Waals surface area (Å²) in [6.45, 7) is 5.71. The van der Waals surface area contributed by atoms with E-state index in [1.54, 1.807) is 55.1 Å². The zero-order chi connectivity index (χ0) is 23.4. The first kappa shape index (κ1) is 25.9. The van der Waals surface area contributed by atoms with E-state index in [2.05, 4.69) is 11.9 Å². The van der Waals surface area contributed by atoms with Gasteiger partial charge in [-0.1, -0.05) is 57.0 Å². The third kappa shape index (κ3) is 8.65. The molecule has 0 bridgehead atoms. The van der Waals surface area contributed by atoms with Gasteiger partial charge in [0.2, 0.25) is 12.0 Å². The minimum atomic E-state index is -0.935. The van der Waals surface area contributed by atoms with Gasteiger partial charge in [-0.2, -0.15) is 0 Å². The van der Waals surface area contributed by atoms with E-state index in [0.717, 1.165) is 19.3 Å². The molecule has 0 saturated heterocycles. The maximum atomic E-state index is 13.3. The van der Waals surface area contributed by atoms with Crippen LogP contribution < -0.4 is 4.74 Å². The Morgan fingerprint density at radius 1 is 1.06 bits per heavy atom. The highest BCUT2D eigenvalue weighted by molar-refractivity contribution is 6.30. The first-order valence-corrected chi connectivity index (χ1v) is 11.8. The predicted molar refractivity (Wildman–Crippen MR) is 126 cm³/mol. The average Bonchev–Trinajstić information content (AvgIpc) is 3.31. The Morgan fingerprint density at radius 2 is 1.72 bits per heavy atom. The molecule has 2 aromatic rings. The van der Waals surface area contributed by atoms with Gasteiger partial charge in [0.1, 0.15) is 12.4 Å². The number of halogens is 1. The van der Waals surface area contributed by atoms with Crippen molar-refractivity contribution in [1.82, 2.24) is 9.55 Å². The average molecular weight is 463 g/mol. The quantitative estimate of drug-likeness (QED) is 0.226. The number of imidazole rings is 1. The molecule has 7 heteroatoms. The monoisotopic (exact) mass is 462 g/mol. The van der Waals surface area contributed by atoms with E-state index >= 15 is 0 Å². The molecule has 1 aromatic heterocycles. The Morgan fingerprint density at radius 3 is 2.34 bits per heavy atom. The molecule has 6 nitrogen and oxygen atoms in total. The Hall–Kier alpha value is -2.34. The molecule has 0 N–H and O–H groups in total. The van der Waals surface area contributed by atoms with E-state index in [-0.39, 0.29) is 18.4 Å². The first-order chi connectivity index (χ1) is 15.3. The molecule has 0 amide bonds. The van der Waals surface area contributed by atoms with E-state index in [0.29, 0.717) is 17.2 Å². The van der Waals surface area contributed by atoms with Crippen LogP contribution in [0.4, 0.5) is 0 Å². The van der Waals surface area contributed by atoms with Crippen molar-refractivity contribution < 1.29 is 19.1 Å². The Kier molecular flexibility index (Phi) is 10.7. The van der Waals surface area contributed by atoms with Crippen LogP contribution in [-0.2, 0) is 14.3 Å². The second-order valence-corrected chi connectivity index (χ2v) is 9.15. The van der Waals surface area contributed by atoms with Crippen LogP contribution in [0.1, 0.15) is 78.4 Å². The van der Waals surface area contributed by atoms with Crippen LogP contribution in [0.3, 0.4) is 0 Å². The Labute approximate surface area is 196 Å². The molecule has 32 heavy (non-hydrogen) atoms. The summed E-state index contributed by atoms with van der Waals surface area (Å²) in [5.41, 5.74) is -0.933. The molecule has 0 aliphatic rings. The fourth-order valence-corrected chi connectivity index (χ4v) is 3.39. The fraction of sp³-hybridized carbons (Fsp3) is 0.560. The highest BCUT2D eigenvalue weighted by Gasteiger charge is 2.37. The molecule has 176 valence electrons. The lowest BCUT2D eigenvalue weighted by molar-refractivity contribution is -0.152. The van der Waals surface area contributed by atoms with Gasteiger partial charge in [0.15, 0.2) is 0 Å². The Bertz CT molecular complexity index is 819. The number of ether oxygens (including phenoxy) is 2. The van der Waals surface area contributed by atoms with E-state index in [1.807, 2.05) is 0 Å². The summed E-state index contributed by atoms with van der Waals surface area (Å²) >= 11 is 5.94. The number of benzene rings is 1. The number of aromatic nitrogens is 2. The molecule has 0 radical (unpaired) electrons. The minimum absolute atomic E-state index is 0.00363. The number of unbranched alkanes of at least 4 members (excludes halogenated alkanes) is 6.